The maximum Gasteiger partial charge on any atom is 0.123 e. The van der Waals surface area contributed by atoms with E-state index in [-0.39, 0.29) is 11.7 Å². The van der Waals surface area contributed by atoms with Crippen molar-refractivity contribution in [1.82, 2.24) is 4.98 Å². The Bertz CT molecular complexity index is 658. The number of hydrogen-bond donors (Lipinski definition) is 2. The topological polar surface area (TPSA) is 41.8 Å². The van der Waals surface area contributed by atoms with Crippen LogP contribution < -0.4 is 5.73 Å². The second kappa shape index (κ2) is 4.55. The minimum atomic E-state index is -0.217. The smallest absolute Gasteiger partial charge is 0.123 e. The van der Waals surface area contributed by atoms with E-state index in [0.29, 0.717) is 6.54 Å². The van der Waals surface area contributed by atoms with Gasteiger partial charge in [-0.3, -0.25) is 0 Å². The van der Waals surface area contributed by atoms with Crippen molar-refractivity contribution in [1.29, 1.82) is 0 Å². The van der Waals surface area contributed by atoms with Crippen LogP contribution >= 0.6 is 11.3 Å². The molecule has 0 saturated carbocycles. The normalized spacial score (nSPS) is 13.0. The van der Waals surface area contributed by atoms with Gasteiger partial charge < -0.3 is 10.7 Å². The number of aromatic amines is 1. The fourth-order valence-corrected chi connectivity index (χ4v) is 3.15. The Morgan fingerprint density at radius 3 is 2.94 bits per heavy atom. The van der Waals surface area contributed by atoms with Crippen molar-refractivity contribution in [2.75, 3.05) is 6.54 Å². The number of thiophene rings is 1. The number of fused-ring (bicyclic) bond motifs is 1. The molecule has 0 radical (unpaired) electrons. The van der Waals surface area contributed by atoms with Crippen LogP contribution in [0.15, 0.2) is 41.9 Å². The Hall–Kier alpha value is -1.65. The standard InChI is InChI=1S/C14H13FN2S/c15-9-3-4-13-10(6-9)12(8-17-13)11(7-16)14-2-1-5-18-14/h1-6,8,11,17H,7,16H2. The molecule has 0 aliphatic heterocycles. The first-order valence-corrected chi connectivity index (χ1v) is 6.67. The largest absolute Gasteiger partial charge is 0.361 e. The minimum absolute atomic E-state index is 0.126. The van der Waals surface area contributed by atoms with Crippen molar-refractivity contribution in [3.63, 3.8) is 0 Å². The van der Waals surface area contributed by atoms with Gasteiger partial charge in [0.2, 0.25) is 0 Å². The van der Waals surface area contributed by atoms with Crippen molar-refractivity contribution in [2.24, 2.45) is 5.73 Å². The first kappa shape index (κ1) is 11.4. The molecule has 3 aromatic rings. The molecule has 0 aliphatic rings. The van der Waals surface area contributed by atoms with Gasteiger partial charge in [-0.25, -0.2) is 4.39 Å². The summed E-state index contributed by atoms with van der Waals surface area (Å²) >= 11 is 1.68. The van der Waals surface area contributed by atoms with Crippen molar-refractivity contribution in [2.45, 2.75) is 5.92 Å². The molecule has 0 aliphatic carbocycles. The highest BCUT2D eigenvalue weighted by atomic mass is 32.1. The highest BCUT2D eigenvalue weighted by Crippen LogP contribution is 2.32. The fourth-order valence-electron chi connectivity index (χ4n) is 2.29. The lowest BCUT2D eigenvalue weighted by atomic mass is 9.97. The SMILES string of the molecule is NCC(c1cccs1)c1c[nH]c2ccc(F)cc12. The summed E-state index contributed by atoms with van der Waals surface area (Å²) < 4.78 is 13.4. The van der Waals surface area contributed by atoms with Gasteiger partial charge in [-0.15, -0.1) is 11.3 Å². The van der Waals surface area contributed by atoms with Crippen LogP contribution in [0.5, 0.6) is 0 Å². The van der Waals surface area contributed by atoms with E-state index in [1.54, 1.807) is 23.5 Å². The van der Waals surface area contributed by atoms with Gasteiger partial charge >= 0.3 is 0 Å². The molecule has 0 fully saturated rings. The van der Waals surface area contributed by atoms with E-state index in [1.807, 2.05) is 17.6 Å². The molecule has 2 nitrogen and oxygen atoms in total. The molecular weight excluding hydrogens is 247 g/mol. The molecule has 1 aromatic carbocycles. The van der Waals surface area contributed by atoms with Crippen LogP contribution in [0.2, 0.25) is 0 Å². The second-order valence-electron chi connectivity index (χ2n) is 4.24. The number of aromatic nitrogens is 1. The van der Waals surface area contributed by atoms with Crippen LogP contribution in [0, 0.1) is 5.82 Å². The molecule has 3 N–H and O–H groups in total. The van der Waals surface area contributed by atoms with Crippen LogP contribution in [-0.2, 0) is 0 Å². The lowest BCUT2D eigenvalue weighted by Crippen LogP contribution is -2.12. The zero-order chi connectivity index (χ0) is 12.5. The molecule has 2 heterocycles. The zero-order valence-corrected chi connectivity index (χ0v) is 10.5. The Morgan fingerprint density at radius 2 is 2.22 bits per heavy atom. The summed E-state index contributed by atoms with van der Waals surface area (Å²) in [6.45, 7) is 0.518. The van der Waals surface area contributed by atoms with Gasteiger partial charge in [0.25, 0.3) is 0 Å². The lowest BCUT2D eigenvalue weighted by Gasteiger charge is -2.12. The van der Waals surface area contributed by atoms with E-state index < -0.39 is 0 Å². The highest BCUT2D eigenvalue weighted by molar-refractivity contribution is 7.10. The van der Waals surface area contributed by atoms with Crippen molar-refractivity contribution >= 4 is 22.2 Å². The quantitative estimate of drug-likeness (QED) is 0.744. The van der Waals surface area contributed by atoms with Gasteiger partial charge in [0, 0.05) is 34.4 Å². The van der Waals surface area contributed by atoms with Crippen LogP contribution in [0.3, 0.4) is 0 Å². The van der Waals surface area contributed by atoms with E-state index in [2.05, 4.69) is 11.1 Å². The van der Waals surface area contributed by atoms with E-state index in [0.717, 1.165) is 16.5 Å². The number of hydrogen-bond acceptors (Lipinski definition) is 2. The van der Waals surface area contributed by atoms with Crippen molar-refractivity contribution in [3.8, 4) is 0 Å². The summed E-state index contributed by atoms with van der Waals surface area (Å²) in [7, 11) is 0. The summed E-state index contributed by atoms with van der Waals surface area (Å²) in [6, 6.07) is 8.87. The molecule has 3 rings (SSSR count). The van der Waals surface area contributed by atoms with Crippen LogP contribution in [0.1, 0.15) is 16.4 Å². The predicted molar refractivity (Wildman–Crippen MR) is 73.5 cm³/mol. The second-order valence-corrected chi connectivity index (χ2v) is 5.22. The Morgan fingerprint density at radius 1 is 1.33 bits per heavy atom. The van der Waals surface area contributed by atoms with E-state index in [1.165, 1.54) is 10.9 Å². The predicted octanol–water partition coefficient (Wildman–Crippen LogP) is 3.46. The minimum Gasteiger partial charge on any atom is -0.361 e. The monoisotopic (exact) mass is 260 g/mol. The number of H-pyrrole nitrogens is 1. The third-order valence-corrected chi connectivity index (χ3v) is 4.16. The van der Waals surface area contributed by atoms with Gasteiger partial charge in [0.05, 0.1) is 0 Å². The molecule has 92 valence electrons. The fraction of sp³-hybridized carbons (Fsp3) is 0.143. The number of benzene rings is 1. The Balaban J connectivity index is 2.15. The van der Waals surface area contributed by atoms with Crippen molar-refractivity contribution in [3.05, 3.63) is 58.2 Å². The zero-order valence-electron chi connectivity index (χ0n) is 9.69. The summed E-state index contributed by atoms with van der Waals surface area (Å²) in [5.74, 6) is -0.0918. The van der Waals surface area contributed by atoms with E-state index in [9.17, 15) is 4.39 Å². The van der Waals surface area contributed by atoms with Gasteiger partial charge in [0.15, 0.2) is 0 Å². The van der Waals surface area contributed by atoms with Gasteiger partial charge in [-0.05, 0) is 35.2 Å². The molecule has 0 amide bonds. The Kier molecular flexibility index (Phi) is 2.89. The van der Waals surface area contributed by atoms with E-state index in [4.69, 9.17) is 5.73 Å². The summed E-state index contributed by atoms with van der Waals surface area (Å²) in [5.41, 5.74) is 7.89. The van der Waals surface area contributed by atoms with Gasteiger partial charge in [0.1, 0.15) is 5.82 Å². The first-order valence-electron chi connectivity index (χ1n) is 5.79. The molecule has 18 heavy (non-hydrogen) atoms. The van der Waals surface area contributed by atoms with Crippen LogP contribution in [0.4, 0.5) is 4.39 Å². The number of nitrogens with one attached hydrogen (secondary N) is 1. The summed E-state index contributed by atoms with van der Waals surface area (Å²) in [6.07, 6.45) is 1.93. The molecule has 0 bridgehead atoms. The van der Waals surface area contributed by atoms with E-state index >= 15 is 0 Å². The van der Waals surface area contributed by atoms with Crippen molar-refractivity contribution < 1.29 is 4.39 Å². The molecule has 1 atom stereocenters. The lowest BCUT2D eigenvalue weighted by molar-refractivity contribution is 0.629. The van der Waals surface area contributed by atoms with Gasteiger partial charge in [-0.1, -0.05) is 6.07 Å². The average Bonchev–Trinajstić information content (AvgIpc) is 3.01. The molecule has 0 saturated heterocycles. The molecule has 4 heteroatoms. The van der Waals surface area contributed by atoms with Crippen LogP contribution in [-0.4, -0.2) is 11.5 Å². The Labute approximate surface area is 108 Å². The summed E-state index contributed by atoms with van der Waals surface area (Å²) in [5, 5.41) is 2.95. The summed E-state index contributed by atoms with van der Waals surface area (Å²) in [4.78, 5) is 4.39. The third-order valence-electron chi connectivity index (χ3n) is 3.17. The maximum absolute atomic E-state index is 13.4. The highest BCUT2D eigenvalue weighted by Gasteiger charge is 2.17. The number of rotatable bonds is 3. The molecule has 0 spiro atoms. The first-order chi connectivity index (χ1) is 8.79. The molecule has 1 unspecified atom stereocenters. The third kappa shape index (κ3) is 1.83. The molecule has 2 aromatic heterocycles. The van der Waals surface area contributed by atoms with Crippen LogP contribution in [0.25, 0.3) is 10.9 Å². The maximum atomic E-state index is 13.4. The molecular formula is C14H13FN2S. The number of halogens is 1. The van der Waals surface area contributed by atoms with Gasteiger partial charge in [-0.2, -0.15) is 0 Å². The number of nitrogens with two attached hydrogens (primary N) is 1. The average molecular weight is 260 g/mol.